The van der Waals surface area contributed by atoms with Crippen LogP contribution in [0.1, 0.15) is 66.2 Å². The number of thiazole rings is 1. The number of nitrogens with zero attached hydrogens (tertiary/aromatic N) is 3. The summed E-state index contributed by atoms with van der Waals surface area (Å²) in [7, 11) is 0. The van der Waals surface area contributed by atoms with E-state index in [1.165, 1.54) is 4.88 Å². The fraction of sp³-hybridized carbons (Fsp3) is 0.632. The Morgan fingerprint density at radius 2 is 2.12 bits per heavy atom. The van der Waals surface area contributed by atoms with Crippen molar-refractivity contribution >= 4 is 11.3 Å². The maximum Gasteiger partial charge on any atom is 0.267 e. The van der Waals surface area contributed by atoms with E-state index in [9.17, 15) is 4.79 Å². The van der Waals surface area contributed by atoms with Crippen LogP contribution in [0.2, 0.25) is 0 Å². The second kappa shape index (κ2) is 7.98. The molecule has 1 aliphatic carbocycles. The fourth-order valence-corrected chi connectivity index (χ4v) is 4.83. The molecule has 0 aromatic carbocycles. The predicted molar refractivity (Wildman–Crippen MR) is 101 cm³/mol. The number of ether oxygens (including phenoxy) is 1. The molecule has 2 aliphatic rings. The maximum atomic E-state index is 12.0. The predicted octanol–water partition coefficient (Wildman–Crippen LogP) is 3.13. The third-order valence-corrected chi connectivity index (χ3v) is 6.43. The zero-order valence-electron chi connectivity index (χ0n) is 15.2. The van der Waals surface area contributed by atoms with E-state index in [0.29, 0.717) is 6.04 Å². The fourth-order valence-electron chi connectivity index (χ4n) is 3.88. The van der Waals surface area contributed by atoms with Gasteiger partial charge < -0.3 is 10.1 Å². The van der Waals surface area contributed by atoms with E-state index in [2.05, 4.69) is 15.4 Å². The molecule has 0 bridgehead atoms. The first-order valence-corrected chi connectivity index (χ1v) is 10.4. The summed E-state index contributed by atoms with van der Waals surface area (Å²) in [6.07, 6.45) is 8.57. The topological polar surface area (TPSA) is 69.0 Å². The van der Waals surface area contributed by atoms with Crippen molar-refractivity contribution in [3.63, 3.8) is 0 Å². The molecule has 1 saturated heterocycles. The zero-order chi connectivity index (χ0) is 17.9. The van der Waals surface area contributed by atoms with E-state index in [1.807, 2.05) is 13.1 Å². The molecule has 3 heterocycles. The van der Waals surface area contributed by atoms with Gasteiger partial charge in [0.05, 0.1) is 11.7 Å². The molecule has 2 fully saturated rings. The van der Waals surface area contributed by atoms with Gasteiger partial charge in [0.2, 0.25) is 0 Å². The molecule has 1 saturated carbocycles. The lowest BCUT2D eigenvalue weighted by atomic mass is 9.91. The van der Waals surface area contributed by atoms with E-state index in [1.54, 1.807) is 28.2 Å². The highest BCUT2D eigenvalue weighted by atomic mass is 32.1. The molecule has 2 aromatic rings. The molecule has 7 heteroatoms. The largest absolute Gasteiger partial charge is 0.371 e. The van der Waals surface area contributed by atoms with Crippen molar-refractivity contribution in [3.05, 3.63) is 44.3 Å². The normalized spacial score (nSPS) is 26.3. The molecule has 0 radical (unpaired) electrons. The molecular weight excluding hydrogens is 348 g/mol. The zero-order valence-corrected chi connectivity index (χ0v) is 16.0. The summed E-state index contributed by atoms with van der Waals surface area (Å²) in [6, 6.07) is 4.14. The molecule has 140 valence electrons. The summed E-state index contributed by atoms with van der Waals surface area (Å²) < 4.78 is 7.40. The molecule has 26 heavy (non-hydrogen) atoms. The minimum Gasteiger partial charge on any atom is -0.371 e. The molecule has 4 rings (SSSR count). The van der Waals surface area contributed by atoms with Gasteiger partial charge in [-0.3, -0.25) is 4.79 Å². The second-order valence-corrected chi connectivity index (χ2v) is 8.46. The summed E-state index contributed by atoms with van der Waals surface area (Å²) in [4.78, 5) is 17.9. The highest BCUT2D eigenvalue weighted by Crippen LogP contribution is 2.32. The smallest absolute Gasteiger partial charge is 0.267 e. The van der Waals surface area contributed by atoms with E-state index >= 15 is 0 Å². The molecule has 0 spiro atoms. The summed E-state index contributed by atoms with van der Waals surface area (Å²) in [6.45, 7) is 3.66. The number of hydrogen-bond donors (Lipinski definition) is 1. The molecule has 2 aromatic heterocycles. The van der Waals surface area contributed by atoms with E-state index in [4.69, 9.17) is 4.74 Å². The van der Waals surface area contributed by atoms with Crippen LogP contribution in [0, 0.1) is 6.92 Å². The van der Waals surface area contributed by atoms with Gasteiger partial charge in [-0.05, 0) is 51.5 Å². The van der Waals surface area contributed by atoms with Crippen LogP contribution < -0.4 is 10.9 Å². The SMILES string of the molecule is Cc1ccc(=O)n(C2CCC(NCc3cnc(C4CCCO4)s3)CC2)n1. The molecule has 1 aliphatic heterocycles. The number of aryl methyl sites for hydroxylation is 1. The molecule has 1 N–H and O–H groups in total. The average molecular weight is 375 g/mol. The quantitative estimate of drug-likeness (QED) is 0.871. The first-order valence-electron chi connectivity index (χ1n) is 9.55. The third-order valence-electron chi connectivity index (χ3n) is 5.34. The minimum absolute atomic E-state index is 0.0123. The number of hydrogen-bond acceptors (Lipinski definition) is 6. The number of rotatable bonds is 5. The second-order valence-electron chi connectivity index (χ2n) is 7.31. The molecule has 1 atom stereocenters. The number of nitrogens with one attached hydrogen (secondary N) is 1. The van der Waals surface area contributed by atoms with Gasteiger partial charge in [-0.25, -0.2) is 9.67 Å². The van der Waals surface area contributed by atoms with Crippen molar-refractivity contribution < 1.29 is 4.74 Å². The van der Waals surface area contributed by atoms with Gasteiger partial charge in [0.1, 0.15) is 11.1 Å². The van der Waals surface area contributed by atoms with Crippen molar-refractivity contribution in [1.82, 2.24) is 20.1 Å². The van der Waals surface area contributed by atoms with E-state index in [-0.39, 0.29) is 17.7 Å². The highest BCUT2D eigenvalue weighted by molar-refractivity contribution is 7.11. The Balaban J connectivity index is 1.27. The first-order chi connectivity index (χ1) is 12.7. The van der Waals surface area contributed by atoms with Crippen LogP contribution >= 0.6 is 11.3 Å². The first kappa shape index (κ1) is 17.8. The van der Waals surface area contributed by atoms with Gasteiger partial charge in [0, 0.05) is 36.3 Å². The van der Waals surface area contributed by atoms with Crippen LogP contribution in [-0.4, -0.2) is 27.4 Å². The van der Waals surface area contributed by atoms with E-state index in [0.717, 1.165) is 62.4 Å². The van der Waals surface area contributed by atoms with Crippen molar-refractivity contribution in [2.24, 2.45) is 0 Å². The summed E-state index contributed by atoms with van der Waals surface area (Å²) in [5.74, 6) is 0. The highest BCUT2D eigenvalue weighted by Gasteiger charge is 2.24. The minimum atomic E-state index is 0.0123. The van der Waals surface area contributed by atoms with Crippen LogP contribution in [0.5, 0.6) is 0 Å². The molecular formula is C19H26N4O2S. The Kier molecular flexibility index (Phi) is 5.47. The lowest BCUT2D eigenvalue weighted by Crippen LogP contribution is -2.36. The standard InChI is InChI=1S/C19H26N4O2S/c1-13-4-9-18(24)23(22-13)15-7-5-14(6-8-15)20-11-16-12-21-19(26-16)17-3-2-10-25-17/h4,9,12,14-15,17,20H,2-3,5-8,10-11H2,1H3. The summed E-state index contributed by atoms with van der Waals surface area (Å²) in [5.41, 5.74) is 0.912. The van der Waals surface area contributed by atoms with Crippen molar-refractivity contribution in [2.45, 2.75) is 70.2 Å². The third kappa shape index (κ3) is 4.05. The van der Waals surface area contributed by atoms with Crippen LogP contribution in [0.3, 0.4) is 0 Å². The number of aromatic nitrogens is 3. The van der Waals surface area contributed by atoms with Gasteiger partial charge in [0.25, 0.3) is 5.56 Å². The monoisotopic (exact) mass is 374 g/mol. The van der Waals surface area contributed by atoms with Gasteiger partial charge in [-0.1, -0.05) is 0 Å². The Hall–Kier alpha value is -1.57. The van der Waals surface area contributed by atoms with E-state index < -0.39 is 0 Å². The average Bonchev–Trinajstić information content (AvgIpc) is 3.34. The Morgan fingerprint density at radius 3 is 2.88 bits per heavy atom. The van der Waals surface area contributed by atoms with Crippen molar-refractivity contribution in [3.8, 4) is 0 Å². The van der Waals surface area contributed by atoms with Crippen LogP contribution in [0.15, 0.2) is 23.1 Å². The summed E-state index contributed by atoms with van der Waals surface area (Å²) in [5, 5.41) is 9.20. The van der Waals surface area contributed by atoms with Gasteiger partial charge in [0.15, 0.2) is 0 Å². The molecule has 6 nitrogen and oxygen atoms in total. The maximum absolute atomic E-state index is 12.0. The lowest BCUT2D eigenvalue weighted by molar-refractivity contribution is 0.111. The van der Waals surface area contributed by atoms with Crippen molar-refractivity contribution in [2.75, 3.05) is 6.61 Å². The lowest BCUT2D eigenvalue weighted by Gasteiger charge is -2.29. The van der Waals surface area contributed by atoms with Gasteiger partial charge >= 0.3 is 0 Å². The Bertz CT molecular complexity index is 789. The summed E-state index contributed by atoms with van der Waals surface area (Å²) >= 11 is 1.77. The van der Waals surface area contributed by atoms with Crippen LogP contribution in [-0.2, 0) is 11.3 Å². The van der Waals surface area contributed by atoms with Crippen LogP contribution in [0.4, 0.5) is 0 Å². The molecule has 1 unspecified atom stereocenters. The Labute approximate surface area is 157 Å². The van der Waals surface area contributed by atoms with Crippen molar-refractivity contribution in [1.29, 1.82) is 0 Å². The van der Waals surface area contributed by atoms with Gasteiger partial charge in [-0.2, -0.15) is 5.10 Å². The molecule has 0 amide bonds. The van der Waals surface area contributed by atoms with Gasteiger partial charge in [-0.15, -0.1) is 11.3 Å². The van der Waals surface area contributed by atoms with Crippen LogP contribution in [0.25, 0.3) is 0 Å². The Morgan fingerprint density at radius 1 is 1.27 bits per heavy atom.